The van der Waals surface area contributed by atoms with Gasteiger partial charge in [-0.1, -0.05) is 64.1 Å². The predicted molar refractivity (Wildman–Crippen MR) is 307 cm³/mol. The predicted octanol–water partition coefficient (Wildman–Crippen LogP) is 6.95. The Kier molecular flexibility index (Phi) is 17.1. The Morgan fingerprint density at radius 3 is 2.16 bits per heavy atom. The van der Waals surface area contributed by atoms with E-state index >= 15 is 0 Å². The SMILES string of the molecule is CCC(=O)N1CCN(c2nc(NCCC(=O)N3CCC(CN4CCN(Cc5ccc(-n6c(C(=O)NC(CC)CC)nnc6-c6cc(CC)c(O)cc6O)cc5)CC4)CC3)nc3c2CCN(c2cc(O)cc4ccccc24)C3)CC1. The summed E-state index contributed by atoms with van der Waals surface area (Å²) in [6.07, 6.45) is 5.63. The number of piperidine rings is 1. The lowest BCUT2D eigenvalue weighted by Crippen LogP contribution is -2.49. The molecule has 19 nitrogen and oxygen atoms in total. The van der Waals surface area contributed by atoms with E-state index in [1.54, 1.807) is 16.7 Å². The minimum atomic E-state index is -0.344. The number of hydrogen-bond acceptors (Lipinski definition) is 15. The fourth-order valence-corrected chi connectivity index (χ4v) is 11.9. The van der Waals surface area contributed by atoms with Gasteiger partial charge in [-0.3, -0.25) is 23.9 Å². The van der Waals surface area contributed by atoms with Crippen LogP contribution >= 0.6 is 0 Å². The minimum absolute atomic E-state index is 0.000717. The van der Waals surface area contributed by atoms with Gasteiger partial charge in [0, 0.05) is 145 Å². The fourth-order valence-electron chi connectivity index (χ4n) is 11.9. The Labute approximate surface area is 463 Å². The lowest BCUT2D eigenvalue weighted by molar-refractivity contribution is -0.132. The van der Waals surface area contributed by atoms with Crippen LogP contribution in [-0.4, -0.2) is 168 Å². The molecule has 4 aliphatic heterocycles. The molecule has 6 aromatic rings. The van der Waals surface area contributed by atoms with Crippen molar-refractivity contribution >= 4 is 45.9 Å². The first-order valence-corrected chi connectivity index (χ1v) is 28.7. The van der Waals surface area contributed by atoms with Gasteiger partial charge in [-0.25, -0.2) is 4.98 Å². The number of piperazine rings is 2. The van der Waals surface area contributed by atoms with E-state index in [0.29, 0.717) is 93.0 Å². The summed E-state index contributed by atoms with van der Waals surface area (Å²) in [5.41, 5.74) is 5.87. The molecular weight excluding hydrogens is 999 g/mol. The molecule has 19 heteroatoms. The first-order valence-electron chi connectivity index (χ1n) is 28.7. The molecule has 4 aromatic carbocycles. The molecule has 3 amide bonds. The molecule has 0 bridgehead atoms. The third kappa shape index (κ3) is 12.4. The van der Waals surface area contributed by atoms with E-state index in [0.717, 1.165) is 130 Å². The van der Waals surface area contributed by atoms with Crippen molar-refractivity contribution in [1.29, 1.82) is 0 Å². The summed E-state index contributed by atoms with van der Waals surface area (Å²) in [6.45, 7) is 19.4. The lowest BCUT2D eigenvalue weighted by Gasteiger charge is -2.39. The van der Waals surface area contributed by atoms with Crippen molar-refractivity contribution in [2.24, 2.45) is 5.92 Å². The van der Waals surface area contributed by atoms with Gasteiger partial charge in [-0.15, -0.1) is 10.2 Å². The van der Waals surface area contributed by atoms with Crippen LogP contribution in [0.25, 0.3) is 27.8 Å². The number of benzene rings is 4. The number of nitrogens with one attached hydrogen (secondary N) is 2. The van der Waals surface area contributed by atoms with E-state index in [9.17, 15) is 29.7 Å². The molecule has 4 aliphatic rings. The molecule has 5 N–H and O–H groups in total. The Hall–Kier alpha value is -7.51. The van der Waals surface area contributed by atoms with Gasteiger partial charge >= 0.3 is 0 Å². The first-order chi connectivity index (χ1) is 38.4. The van der Waals surface area contributed by atoms with Gasteiger partial charge in [0.15, 0.2) is 5.82 Å². The smallest absolute Gasteiger partial charge is 0.289 e. The maximum absolute atomic E-state index is 13.7. The average Bonchev–Trinajstić information content (AvgIpc) is 3.99. The van der Waals surface area contributed by atoms with Gasteiger partial charge in [0.25, 0.3) is 5.91 Å². The van der Waals surface area contributed by atoms with E-state index in [1.807, 2.05) is 73.9 Å². The Bertz CT molecular complexity index is 3120. The number of aryl methyl sites for hydroxylation is 1. The van der Waals surface area contributed by atoms with Crippen molar-refractivity contribution in [3.63, 3.8) is 0 Å². The molecule has 418 valence electrons. The van der Waals surface area contributed by atoms with Crippen LogP contribution < -0.4 is 20.4 Å². The van der Waals surface area contributed by atoms with Crippen LogP contribution in [0.3, 0.4) is 0 Å². The molecule has 6 heterocycles. The first kappa shape index (κ1) is 54.8. The van der Waals surface area contributed by atoms with Gasteiger partial charge in [0.05, 0.1) is 17.8 Å². The number of likely N-dealkylation sites (tertiary alicyclic amines) is 1. The third-order valence-electron chi connectivity index (χ3n) is 16.6. The summed E-state index contributed by atoms with van der Waals surface area (Å²) in [5, 5.41) is 49.4. The third-order valence-corrected chi connectivity index (χ3v) is 16.6. The molecule has 3 saturated heterocycles. The summed E-state index contributed by atoms with van der Waals surface area (Å²) >= 11 is 0. The van der Waals surface area contributed by atoms with Gasteiger partial charge in [-0.05, 0) is 85.2 Å². The number of aromatic hydroxyl groups is 3. The molecule has 79 heavy (non-hydrogen) atoms. The van der Waals surface area contributed by atoms with Gasteiger partial charge in [0.1, 0.15) is 23.1 Å². The fraction of sp³-hybridized carbons (Fsp3) is 0.483. The van der Waals surface area contributed by atoms with Crippen LogP contribution in [0, 0.1) is 5.92 Å². The molecule has 0 atom stereocenters. The summed E-state index contributed by atoms with van der Waals surface area (Å²) < 4.78 is 1.68. The van der Waals surface area contributed by atoms with Gasteiger partial charge < -0.3 is 50.5 Å². The van der Waals surface area contributed by atoms with Crippen LogP contribution in [0.5, 0.6) is 17.2 Å². The summed E-state index contributed by atoms with van der Waals surface area (Å²) in [4.78, 5) is 63.6. The van der Waals surface area contributed by atoms with Crippen molar-refractivity contribution in [3.05, 3.63) is 101 Å². The zero-order valence-electron chi connectivity index (χ0n) is 46.3. The van der Waals surface area contributed by atoms with Crippen molar-refractivity contribution < 1.29 is 29.7 Å². The number of hydrogen-bond donors (Lipinski definition) is 5. The molecule has 0 aliphatic carbocycles. The number of aromatic nitrogens is 5. The topological polar surface area (TPSA) is 212 Å². The Morgan fingerprint density at radius 1 is 0.722 bits per heavy atom. The number of phenolic OH excluding ortho intramolecular Hbond substituents is 3. The van der Waals surface area contributed by atoms with Crippen LogP contribution in [0.2, 0.25) is 0 Å². The highest BCUT2D eigenvalue weighted by molar-refractivity contribution is 5.96. The number of anilines is 3. The molecule has 0 spiro atoms. The number of carbonyl (C=O) groups is 3. The molecular formula is C60H77N13O6. The summed E-state index contributed by atoms with van der Waals surface area (Å²) in [5.74, 6) is 2.40. The van der Waals surface area contributed by atoms with Gasteiger partial charge in [-0.2, -0.15) is 4.98 Å². The van der Waals surface area contributed by atoms with E-state index < -0.39 is 0 Å². The molecule has 0 radical (unpaired) electrons. The average molecular weight is 1080 g/mol. The van der Waals surface area contributed by atoms with Crippen molar-refractivity contribution in [3.8, 4) is 34.3 Å². The normalized spacial score (nSPS) is 16.7. The van der Waals surface area contributed by atoms with Gasteiger partial charge in [0.2, 0.25) is 23.6 Å². The zero-order chi connectivity index (χ0) is 55.2. The molecule has 2 aromatic heterocycles. The zero-order valence-corrected chi connectivity index (χ0v) is 46.3. The lowest BCUT2D eigenvalue weighted by atomic mass is 9.95. The van der Waals surface area contributed by atoms with Crippen LogP contribution in [0.1, 0.15) is 99.2 Å². The van der Waals surface area contributed by atoms with Crippen LogP contribution in [-0.2, 0) is 35.5 Å². The standard InChI is InChI=1S/C60H77N13O6/c1-5-42-34-49(53(76)36-52(42)75)57-65-66-58(59(79)62-44(6-2)7-3)73(57)45-15-13-40(14-16-45)37-67-25-27-68(28-26-67)38-41-18-22-69(23-19-41)55(78)17-21-61-60-63-50-39-72(51-35-46(74)33-43-11-9-10-12-47(43)51)24-20-48(50)56(64-60)71-31-29-70(30-32-71)54(77)8-4/h9-16,33-36,41,44,74-76H,5-8,17-32,37-39H2,1-4H3,(H,62,79)(H,61,63,64). The highest BCUT2D eigenvalue weighted by Gasteiger charge is 2.31. The quantitative estimate of drug-likeness (QED) is 0.0589. The number of amides is 3. The Morgan fingerprint density at radius 2 is 1.44 bits per heavy atom. The Balaban J connectivity index is 0.712. The highest BCUT2D eigenvalue weighted by Crippen LogP contribution is 2.38. The summed E-state index contributed by atoms with van der Waals surface area (Å²) in [7, 11) is 0. The number of carbonyl (C=O) groups excluding carboxylic acids is 3. The number of nitrogens with zero attached hydrogens (tertiary/aromatic N) is 11. The number of rotatable bonds is 18. The van der Waals surface area contributed by atoms with Crippen molar-refractivity contribution in [2.75, 3.05) is 100 Å². The number of fused-ring (bicyclic) bond motifs is 2. The summed E-state index contributed by atoms with van der Waals surface area (Å²) in [6, 6.07) is 22.8. The monoisotopic (exact) mass is 1080 g/mol. The van der Waals surface area contributed by atoms with Crippen molar-refractivity contribution in [2.45, 2.75) is 98.2 Å². The van der Waals surface area contributed by atoms with E-state index in [1.165, 1.54) is 6.07 Å². The minimum Gasteiger partial charge on any atom is -0.508 e. The van der Waals surface area contributed by atoms with Crippen LogP contribution in [0.4, 0.5) is 17.5 Å². The second-order valence-electron chi connectivity index (χ2n) is 21.6. The largest absolute Gasteiger partial charge is 0.508 e. The molecule has 0 saturated carbocycles. The van der Waals surface area contributed by atoms with Crippen LogP contribution in [0.15, 0.2) is 72.8 Å². The molecule has 10 rings (SSSR count). The second-order valence-corrected chi connectivity index (χ2v) is 21.6. The van der Waals surface area contributed by atoms with E-state index in [-0.39, 0.29) is 46.8 Å². The maximum atomic E-state index is 13.7. The molecule has 3 fully saturated rings. The van der Waals surface area contributed by atoms with Crippen molar-refractivity contribution in [1.82, 2.24) is 49.6 Å². The second kappa shape index (κ2) is 24.7. The number of phenols is 3. The van der Waals surface area contributed by atoms with E-state index in [4.69, 9.17) is 9.97 Å². The highest BCUT2D eigenvalue weighted by atomic mass is 16.3. The van der Waals surface area contributed by atoms with E-state index in [2.05, 4.69) is 58.6 Å². The molecule has 0 unspecified atom stereocenters. The maximum Gasteiger partial charge on any atom is 0.289 e.